The molecule has 1 aromatic carbocycles. The lowest BCUT2D eigenvalue weighted by Gasteiger charge is -2.14. The molecular weight excluding hydrogens is 249 g/mol. The number of nitrogens with two attached hydrogens (primary N) is 1. The fraction of sp³-hybridized carbons (Fsp3) is 0.571. The molecular formula is C14H22FNO3. The third-order valence-corrected chi connectivity index (χ3v) is 2.59. The summed E-state index contributed by atoms with van der Waals surface area (Å²) in [5.74, 6) is 0.177. The Hall–Kier alpha value is -1.17. The molecule has 0 heterocycles. The zero-order valence-electron chi connectivity index (χ0n) is 11.5. The van der Waals surface area contributed by atoms with Crippen LogP contribution in [0.2, 0.25) is 0 Å². The van der Waals surface area contributed by atoms with Gasteiger partial charge in [-0.05, 0) is 19.1 Å². The summed E-state index contributed by atoms with van der Waals surface area (Å²) in [5.41, 5.74) is 6.16. The molecule has 0 radical (unpaired) electrons. The third-order valence-electron chi connectivity index (χ3n) is 2.59. The van der Waals surface area contributed by atoms with Gasteiger partial charge in [-0.1, -0.05) is 6.07 Å². The molecule has 0 amide bonds. The topological polar surface area (TPSA) is 53.7 Å². The van der Waals surface area contributed by atoms with Gasteiger partial charge in [0, 0.05) is 31.7 Å². The first-order chi connectivity index (χ1) is 9.16. The maximum absolute atomic E-state index is 13.6. The minimum Gasteiger partial charge on any atom is -0.493 e. The van der Waals surface area contributed by atoms with Crippen LogP contribution < -0.4 is 10.5 Å². The van der Waals surface area contributed by atoms with Crippen LogP contribution in [0.3, 0.4) is 0 Å². The first-order valence-electron chi connectivity index (χ1n) is 6.40. The van der Waals surface area contributed by atoms with Crippen LogP contribution in [0.15, 0.2) is 18.2 Å². The zero-order chi connectivity index (χ0) is 14.1. The first-order valence-corrected chi connectivity index (χ1v) is 6.40. The Morgan fingerprint density at radius 1 is 1.21 bits per heavy atom. The molecule has 0 unspecified atom stereocenters. The van der Waals surface area contributed by atoms with Crippen LogP contribution in [0.25, 0.3) is 0 Å². The molecule has 0 aliphatic rings. The minimum absolute atomic E-state index is 0.330. The van der Waals surface area contributed by atoms with E-state index in [9.17, 15) is 4.39 Å². The summed E-state index contributed by atoms with van der Waals surface area (Å²) in [4.78, 5) is 0. The van der Waals surface area contributed by atoms with E-state index in [4.69, 9.17) is 19.9 Å². The van der Waals surface area contributed by atoms with Crippen molar-refractivity contribution in [2.45, 2.75) is 19.4 Å². The van der Waals surface area contributed by atoms with Crippen LogP contribution in [-0.4, -0.2) is 33.5 Å². The van der Waals surface area contributed by atoms with Crippen molar-refractivity contribution in [1.82, 2.24) is 0 Å². The van der Waals surface area contributed by atoms with E-state index in [0.717, 1.165) is 6.42 Å². The van der Waals surface area contributed by atoms with Crippen molar-refractivity contribution in [2.75, 3.05) is 33.5 Å². The smallest absolute Gasteiger partial charge is 0.131 e. The second-order valence-corrected chi connectivity index (χ2v) is 4.25. The van der Waals surface area contributed by atoms with E-state index in [-0.39, 0.29) is 5.82 Å². The molecule has 1 aromatic rings. The molecule has 0 spiro atoms. The lowest BCUT2D eigenvalue weighted by molar-refractivity contribution is 0.0643. The molecule has 19 heavy (non-hydrogen) atoms. The molecule has 0 saturated carbocycles. The quantitative estimate of drug-likeness (QED) is 0.700. The van der Waals surface area contributed by atoms with Gasteiger partial charge in [-0.3, -0.25) is 0 Å². The Bertz CT molecular complexity index is 372. The Morgan fingerprint density at radius 2 is 2.00 bits per heavy atom. The van der Waals surface area contributed by atoms with Gasteiger partial charge in [0.1, 0.15) is 11.6 Å². The minimum atomic E-state index is -0.394. The Labute approximate surface area is 113 Å². The summed E-state index contributed by atoms with van der Waals surface area (Å²) in [5, 5.41) is 0. The summed E-state index contributed by atoms with van der Waals surface area (Å²) in [7, 11) is 1.63. The second kappa shape index (κ2) is 8.85. The van der Waals surface area contributed by atoms with Crippen molar-refractivity contribution < 1.29 is 18.6 Å². The summed E-state index contributed by atoms with van der Waals surface area (Å²) in [6.45, 7) is 3.95. The Balaban J connectivity index is 2.35. The van der Waals surface area contributed by atoms with Gasteiger partial charge in [0.05, 0.1) is 19.8 Å². The van der Waals surface area contributed by atoms with E-state index < -0.39 is 6.04 Å². The highest BCUT2D eigenvalue weighted by Crippen LogP contribution is 2.26. The summed E-state index contributed by atoms with van der Waals surface area (Å²) in [6.07, 6.45) is 0.735. The van der Waals surface area contributed by atoms with Crippen molar-refractivity contribution in [3.8, 4) is 5.75 Å². The van der Waals surface area contributed by atoms with Gasteiger partial charge in [-0.2, -0.15) is 0 Å². The molecule has 4 nitrogen and oxygen atoms in total. The van der Waals surface area contributed by atoms with Gasteiger partial charge >= 0.3 is 0 Å². The number of benzene rings is 1. The highest BCUT2D eigenvalue weighted by atomic mass is 19.1. The van der Waals surface area contributed by atoms with Crippen molar-refractivity contribution in [3.63, 3.8) is 0 Å². The molecule has 1 atom stereocenters. The molecule has 108 valence electrons. The largest absolute Gasteiger partial charge is 0.493 e. The number of rotatable bonds is 9. The molecule has 0 aromatic heterocycles. The number of hydrogen-bond acceptors (Lipinski definition) is 4. The standard InChI is InChI=1S/C14H22FNO3/c1-11(16)14-12(15)5-3-6-13(14)19-8-4-7-18-10-9-17-2/h3,5-6,11H,4,7-10,16H2,1-2H3/t11-/m1/s1. The molecule has 5 heteroatoms. The fourth-order valence-corrected chi connectivity index (χ4v) is 1.67. The van der Waals surface area contributed by atoms with E-state index in [1.54, 1.807) is 26.2 Å². The van der Waals surface area contributed by atoms with Crippen molar-refractivity contribution in [2.24, 2.45) is 5.73 Å². The van der Waals surface area contributed by atoms with Crippen molar-refractivity contribution >= 4 is 0 Å². The molecule has 0 bridgehead atoms. The van der Waals surface area contributed by atoms with Crippen LogP contribution >= 0.6 is 0 Å². The van der Waals surface area contributed by atoms with E-state index in [1.165, 1.54) is 6.07 Å². The Morgan fingerprint density at radius 3 is 2.68 bits per heavy atom. The van der Waals surface area contributed by atoms with Crippen LogP contribution in [-0.2, 0) is 9.47 Å². The Kier molecular flexibility index (Phi) is 7.40. The van der Waals surface area contributed by atoms with E-state index in [2.05, 4.69) is 0 Å². The van der Waals surface area contributed by atoms with Crippen LogP contribution in [0.4, 0.5) is 4.39 Å². The first kappa shape index (κ1) is 15.9. The van der Waals surface area contributed by atoms with Crippen LogP contribution in [0.1, 0.15) is 24.9 Å². The van der Waals surface area contributed by atoms with Crippen LogP contribution in [0, 0.1) is 5.82 Å². The lowest BCUT2D eigenvalue weighted by atomic mass is 10.1. The molecule has 2 N–H and O–H groups in total. The molecule has 0 fully saturated rings. The second-order valence-electron chi connectivity index (χ2n) is 4.25. The predicted octanol–water partition coefficient (Wildman–Crippen LogP) is 2.28. The normalized spacial score (nSPS) is 12.4. The monoisotopic (exact) mass is 271 g/mol. The highest BCUT2D eigenvalue weighted by Gasteiger charge is 2.13. The molecule has 0 aliphatic heterocycles. The summed E-state index contributed by atoms with van der Waals surface area (Å²) in [6, 6.07) is 4.34. The molecule has 0 aliphatic carbocycles. The molecule has 0 saturated heterocycles. The number of halogens is 1. The van der Waals surface area contributed by atoms with Crippen molar-refractivity contribution in [1.29, 1.82) is 0 Å². The SMILES string of the molecule is COCCOCCCOc1cccc(F)c1[C@@H](C)N. The average Bonchev–Trinajstić information content (AvgIpc) is 2.37. The zero-order valence-corrected chi connectivity index (χ0v) is 11.5. The molecule has 1 rings (SSSR count). The summed E-state index contributed by atoms with van der Waals surface area (Å²) >= 11 is 0. The van der Waals surface area contributed by atoms with Gasteiger partial charge in [0.15, 0.2) is 0 Å². The van der Waals surface area contributed by atoms with Gasteiger partial charge in [0.25, 0.3) is 0 Å². The van der Waals surface area contributed by atoms with Gasteiger partial charge in [-0.15, -0.1) is 0 Å². The van der Waals surface area contributed by atoms with Gasteiger partial charge in [-0.25, -0.2) is 4.39 Å². The third kappa shape index (κ3) is 5.55. The predicted molar refractivity (Wildman–Crippen MR) is 71.8 cm³/mol. The van der Waals surface area contributed by atoms with E-state index in [0.29, 0.717) is 37.7 Å². The maximum atomic E-state index is 13.6. The number of hydrogen-bond donors (Lipinski definition) is 1. The van der Waals surface area contributed by atoms with E-state index in [1.807, 2.05) is 0 Å². The van der Waals surface area contributed by atoms with Crippen LogP contribution in [0.5, 0.6) is 5.75 Å². The summed E-state index contributed by atoms with van der Waals surface area (Å²) < 4.78 is 29.3. The highest BCUT2D eigenvalue weighted by molar-refractivity contribution is 5.36. The number of methoxy groups -OCH3 is 1. The average molecular weight is 271 g/mol. The maximum Gasteiger partial charge on any atom is 0.131 e. The number of ether oxygens (including phenoxy) is 3. The van der Waals surface area contributed by atoms with Gasteiger partial charge in [0.2, 0.25) is 0 Å². The van der Waals surface area contributed by atoms with E-state index >= 15 is 0 Å². The van der Waals surface area contributed by atoms with Gasteiger partial charge < -0.3 is 19.9 Å². The lowest BCUT2D eigenvalue weighted by Crippen LogP contribution is -2.12. The van der Waals surface area contributed by atoms with Crippen molar-refractivity contribution in [3.05, 3.63) is 29.6 Å². The fourth-order valence-electron chi connectivity index (χ4n) is 1.67.